The van der Waals surface area contributed by atoms with E-state index < -0.39 is 0 Å². The van der Waals surface area contributed by atoms with Gasteiger partial charge in [0.25, 0.3) is 5.91 Å². The van der Waals surface area contributed by atoms with Gasteiger partial charge < -0.3 is 11.1 Å². The van der Waals surface area contributed by atoms with Crippen LogP contribution in [0.15, 0.2) is 12.4 Å². The molecule has 1 heterocycles. The summed E-state index contributed by atoms with van der Waals surface area (Å²) in [5, 5.41) is 2.84. The Labute approximate surface area is 81.7 Å². The minimum absolute atomic E-state index is 0.179. The quantitative estimate of drug-likeness (QED) is 0.701. The summed E-state index contributed by atoms with van der Waals surface area (Å²) in [6.07, 6.45) is 3.96. The highest BCUT2D eigenvalue weighted by Crippen LogP contribution is 2.29. The topological polar surface area (TPSA) is 80.9 Å². The number of amides is 1. The van der Waals surface area contributed by atoms with Crippen LogP contribution in [0.3, 0.4) is 0 Å². The Hall–Kier alpha value is -1.65. The first-order valence-electron chi connectivity index (χ1n) is 4.56. The van der Waals surface area contributed by atoms with E-state index >= 15 is 0 Å². The first kappa shape index (κ1) is 8.93. The average Bonchev–Trinajstić information content (AvgIpc) is 2.82. The standard InChI is InChI=1S/C9H12N4O/c1-5-4-6(5)13-9(14)7-8(10)12-3-2-11-7/h2-3,5-6H,4H2,1H3,(H2,10,12)(H,13,14)/t5-,6-/m1/s1. The molecule has 5 heteroatoms. The molecule has 1 aliphatic rings. The smallest absolute Gasteiger partial charge is 0.273 e. The van der Waals surface area contributed by atoms with Gasteiger partial charge in [-0.15, -0.1) is 0 Å². The predicted octanol–water partition coefficient (Wildman–Crippen LogP) is 0.197. The molecule has 1 amide bonds. The number of nitrogens with one attached hydrogen (secondary N) is 1. The van der Waals surface area contributed by atoms with Crippen molar-refractivity contribution in [3.05, 3.63) is 18.1 Å². The van der Waals surface area contributed by atoms with Crippen molar-refractivity contribution in [2.24, 2.45) is 5.92 Å². The van der Waals surface area contributed by atoms with Crippen molar-refractivity contribution >= 4 is 11.7 Å². The first-order chi connectivity index (χ1) is 6.68. The molecule has 5 nitrogen and oxygen atoms in total. The van der Waals surface area contributed by atoms with Gasteiger partial charge in [-0.05, 0) is 12.3 Å². The van der Waals surface area contributed by atoms with Crippen molar-refractivity contribution in [1.82, 2.24) is 15.3 Å². The lowest BCUT2D eigenvalue weighted by atomic mass is 10.3. The number of carbonyl (C=O) groups is 1. The molecule has 0 saturated heterocycles. The molecule has 0 aromatic carbocycles. The van der Waals surface area contributed by atoms with Gasteiger partial charge >= 0.3 is 0 Å². The van der Waals surface area contributed by atoms with Gasteiger partial charge in [-0.25, -0.2) is 9.97 Å². The molecule has 1 aliphatic carbocycles. The van der Waals surface area contributed by atoms with E-state index in [1.54, 1.807) is 0 Å². The fourth-order valence-corrected chi connectivity index (χ4v) is 1.28. The van der Waals surface area contributed by atoms with Gasteiger partial charge in [-0.2, -0.15) is 0 Å². The number of nitrogens with zero attached hydrogens (tertiary/aromatic N) is 2. The zero-order valence-electron chi connectivity index (χ0n) is 7.90. The Bertz CT molecular complexity index is 366. The fourth-order valence-electron chi connectivity index (χ4n) is 1.28. The largest absolute Gasteiger partial charge is 0.382 e. The Morgan fingerprint density at radius 2 is 2.21 bits per heavy atom. The first-order valence-corrected chi connectivity index (χ1v) is 4.56. The van der Waals surface area contributed by atoms with Crippen LogP contribution < -0.4 is 11.1 Å². The van der Waals surface area contributed by atoms with Crippen LogP contribution >= 0.6 is 0 Å². The lowest BCUT2D eigenvalue weighted by Crippen LogP contribution is -2.28. The predicted molar refractivity (Wildman–Crippen MR) is 51.5 cm³/mol. The second-order valence-electron chi connectivity index (χ2n) is 3.58. The molecular weight excluding hydrogens is 180 g/mol. The maximum atomic E-state index is 11.6. The molecule has 1 aromatic rings. The molecule has 0 aliphatic heterocycles. The van der Waals surface area contributed by atoms with Crippen LogP contribution in [0.2, 0.25) is 0 Å². The monoisotopic (exact) mass is 192 g/mol. The summed E-state index contributed by atoms with van der Waals surface area (Å²) in [7, 11) is 0. The van der Waals surface area contributed by atoms with E-state index in [9.17, 15) is 4.79 Å². The van der Waals surface area contributed by atoms with Gasteiger partial charge in [0.05, 0.1) is 0 Å². The van der Waals surface area contributed by atoms with Crippen molar-refractivity contribution in [2.45, 2.75) is 19.4 Å². The second kappa shape index (κ2) is 3.25. The van der Waals surface area contributed by atoms with Crippen molar-refractivity contribution in [3.8, 4) is 0 Å². The van der Waals surface area contributed by atoms with Gasteiger partial charge in [0.1, 0.15) is 0 Å². The Balaban J connectivity index is 2.07. The van der Waals surface area contributed by atoms with E-state index in [4.69, 9.17) is 5.73 Å². The van der Waals surface area contributed by atoms with Crippen LogP contribution in [0.25, 0.3) is 0 Å². The second-order valence-corrected chi connectivity index (χ2v) is 3.58. The summed E-state index contributed by atoms with van der Waals surface area (Å²) in [4.78, 5) is 19.3. The van der Waals surface area contributed by atoms with Crippen LogP contribution in [-0.2, 0) is 0 Å². The molecule has 1 aromatic heterocycles. The molecule has 1 saturated carbocycles. The third-order valence-electron chi connectivity index (χ3n) is 2.37. The van der Waals surface area contributed by atoms with E-state index in [1.807, 2.05) is 0 Å². The summed E-state index contributed by atoms with van der Waals surface area (Å²) in [6, 6.07) is 0.281. The average molecular weight is 192 g/mol. The highest BCUT2D eigenvalue weighted by Gasteiger charge is 2.34. The van der Waals surface area contributed by atoms with Crippen LogP contribution in [-0.4, -0.2) is 21.9 Å². The van der Waals surface area contributed by atoms with Crippen molar-refractivity contribution in [3.63, 3.8) is 0 Å². The van der Waals surface area contributed by atoms with Gasteiger partial charge in [0.15, 0.2) is 11.5 Å². The van der Waals surface area contributed by atoms with Gasteiger partial charge in [-0.3, -0.25) is 4.79 Å². The molecule has 2 atom stereocenters. The third-order valence-corrected chi connectivity index (χ3v) is 2.37. The maximum Gasteiger partial charge on any atom is 0.273 e. The van der Waals surface area contributed by atoms with Crippen LogP contribution in [0, 0.1) is 5.92 Å². The molecular formula is C9H12N4O. The highest BCUT2D eigenvalue weighted by atomic mass is 16.2. The van der Waals surface area contributed by atoms with E-state index in [0.29, 0.717) is 5.92 Å². The molecule has 0 radical (unpaired) electrons. The van der Waals surface area contributed by atoms with Gasteiger partial charge in [-0.1, -0.05) is 6.92 Å². The number of rotatable bonds is 2. The SMILES string of the molecule is C[C@@H]1C[C@H]1NC(=O)c1nccnc1N. The zero-order chi connectivity index (χ0) is 10.1. The molecule has 3 N–H and O–H groups in total. The summed E-state index contributed by atoms with van der Waals surface area (Å²) in [5.74, 6) is 0.514. The molecule has 14 heavy (non-hydrogen) atoms. The Morgan fingerprint density at radius 1 is 1.57 bits per heavy atom. The Kier molecular flexibility index (Phi) is 2.07. The summed E-state index contributed by atoms with van der Waals surface area (Å²) in [5.41, 5.74) is 5.73. The number of hydrogen-bond donors (Lipinski definition) is 2. The number of nitrogen functional groups attached to an aromatic ring is 1. The van der Waals surface area contributed by atoms with Gasteiger partial charge in [0, 0.05) is 18.4 Å². The number of aromatic nitrogens is 2. The van der Waals surface area contributed by atoms with E-state index in [0.717, 1.165) is 6.42 Å². The molecule has 74 valence electrons. The lowest BCUT2D eigenvalue weighted by Gasteiger charge is -2.03. The minimum Gasteiger partial charge on any atom is -0.382 e. The third kappa shape index (κ3) is 1.66. The summed E-state index contributed by atoms with van der Waals surface area (Å²) >= 11 is 0. The highest BCUT2D eigenvalue weighted by molar-refractivity contribution is 5.96. The van der Waals surface area contributed by atoms with E-state index in [1.165, 1.54) is 12.4 Å². The normalized spacial score (nSPS) is 24.4. The summed E-state index contributed by atoms with van der Waals surface area (Å²) < 4.78 is 0. The lowest BCUT2D eigenvalue weighted by molar-refractivity contribution is 0.0945. The van der Waals surface area contributed by atoms with Gasteiger partial charge in [0.2, 0.25) is 0 Å². The summed E-state index contributed by atoms with van der Waals surface area (Å²) in [6.45, 7) is 2.09. The molecule has 2 rings (SSSR count). The number of nitrogens with two attached hydrogens (primary N) is 1. The molecule has 0 unspecified atom stereocenters. The Morgan fingerprint density at radius 3 is 2.79 bits per heavy atom. The van der Waals surface area contributed by atoms with Crippen LogP contribution in [0.4, 0.5) is 5.82 Å². The number of carbonyl (C=O) groups excluding carboxylic acids is 1. The van der Waals surface area contributed by atoms with Crippen molar-refractivity contribution in [2.75, 3.05) is 5.73 Å². The van der Waals surface area contributed by atoms with E-state index in [2.05, 4.69) is 22.2 Å². The number of hydrogen-bond acceptors (Lipinski definition) is 4. The van der Waals surface area contributed by atoms with Crippen LogP contribution in [0.5, 0.6) is 0 Å². The molecule has 1 fully saturated rings. The number of anilines is 1. The van der Waals surface area contributed by atoms with E-state index in [-0.39, 0.29) is 23.5 Å². The minimum atomic E-state index is -0.232. The fraction of sp³-hybridized carbons (Fsp3) is 0.444. The maximum absolute atomic E-state index is 11.6. The zero-order valence-corrected chi connectivity index (χ0v) is 7.90. The van der Waals surface area contributed by atoms with Crippen molar-refractivity contribution in [1.29, 1.82) is 0 Å². The molecule has 0 bridgehead atoms. The van der Waals surface area contributed by atoms with Crippen LogP contribution in [0.1, 0.15) is 23.8 Å². The van der Waals surface area contributed by atoms with Crippen molar-refractivity contribution < 1.29 is 4.79 Å². The molecule has 0 spiro atoms.